The molecule has 0 unspecified atom stereocenters. The summed E-state index contributed by atoms with van der Waals surface area (Å²) in [6.45, 7) is 2.52. The Kier molecular flexibility index (Phi) is 7.62. The van der Waals surface area contributed by atoms with Crippen LogP contribution in [0.2, 0.25) is 0 Å². The van der Waals surface area contributed by atoms with Crippen LogP contribution in [-0.4, -0.2) is 52.4 Å². The number of thiazole rings is 1. The second-order valence-electron chi connectivity index (χ2n) is 10.0. The van der Waals surface area contributed by atoms with Gasteiger partial charge in [0, 0.05) is 18.3 Å². The van der Waals surface area contributed by atoms with Crippen LogP contribution in [0.1, 0.15) is 62.9 Å². The Labute approximate surface area is 216 Å². The van der Waals surface area contributed by atoms with E-state index in [2.05, 4.69) is 27.8 Å². The van der Waals surface area contributed by atoms with E-state index >= 15 is 0 Å². The van der Waals surface area contributed by atoms with Gasteiger partial charge < -0.3 is 15.5 Å². The normalized spacial score (nSPS) is 20.4. The minimum Gasteiger partial charge on any atom is -0.343 e. The highest BCUT2D eigenvalue weighted by Crippen LogP contribution is 2.39. The smallest absolute Gasteiger partial charge is 0.246 e. The Bertz CT molecular complexity index is 1210. The molecule has 1 saturated heterocycles. The van der Waals surface area contributed by atoms with Crippen LogP contribution in [0.25, 0.3) is 21.5 Å². The van der Waals surface area contributed by atoms with Crippen molar-refractivity contribution in [2.45, 2.75) is 70.0 Å². The van der Waals surface area contributed by atoms with Crippen LogP contribution in [0.3, 0.4) is 0 Å². The topological polar surface area (TPSA) is 87.2 Å². The number of aromatic nitrogens is 2. The van der Waals surface area contributed by atoms with Crippen molar-refractivity contribution in [3.63, 3.8) is 0 Å². The van der Waals surface area contributed by atoms with Crippen LogP contribution in [0, 0.1) is 5.92 Å². The van der Waals surface area contributed by atoms with Gasteiger partial charge in [0.25, 0.3) is 0 Å². The zero-order valence-corrected chi connectivity index (χ0v) is 21.9. The van der Waals surface area contributed by atoms with Crippen LogP contribution in [0.4, 0.5) is 0 Å². The maximum atomic E-state index is 14.0. The lowest BCUT2D eigenvalue weighted by atomic mass is 9.83. The molecule has 3 atom stereocenters. The third-order valence-electron chi connectivity index (χ3n) is 7.73. The summed E-state index contributed by atoms with van der Waals surface area (Å²) < 4.78 is 0. The Hall–Kier alpha value is -2.84. The zero-order chi connectivity index (χ0) is 25.1. The fourth-order valence-corrected chi connectivity index (χ4v) is 6.65. The molecule has 2 fully saturated rings. The average Bonchev–Trinajstić information content (AvgIpc) is 3.59. The Morgan fingerprint density at radius 3 is 2.58 bits per heavy atom. The van der Waals surface area contributed by atoms with E-state index in [1.807, 2.05) is 42.3 Å². The summed E-state index contributed by atoms with van der Waals surface area (Å²) in [6.07, 6.45) is 9.04. The van der Waals surface area contributed by atoms with Crippen molar-refractivity contribution in [3.05, 3.63) is 47.6 Å². The number of rotatable bonds is 7. The number of carbonyl (C=O) groups is 2. The number of nitrogens with zero attached hydrogens (tertiary/aromatic N) is 3. The molecule has 2 aliphatic rings. The van der Waals surface area contributed by atoms with Gasteiger partial charge in [-0.2, -0.15) is 0 Å². The van der Waals surface area contributed by atoms with Gasteiger partial charge in [0.2, 0.25) is 11.8 Å². The van der Waals surface area contributed by atoms with Crippen LogP contribution in [-0.2, 0) is 9.59 Å². The first-order valence-electron chi connectivity index (χ1n) is 13.2. The molecule has 2 amide bonds. The number of likely N-dealkylation sites (N-methyl/N-ethyl adjacent to an activating group) is 1. The molecule has 1 aromatic carbocycles. The second kappa shape index (κ2) is 11.0. The molecular weight excluding hydrogens is 470 g/mol. The fourth-order valence-electron chi connectivity index (χ4n) is 5.57. The molecule has 3 aromatic rings. The van der Waals surface area contributed by atoms with Gasteiger partial charge >= 0.3 is 0 Å². The minimum absolute atomic E-state index is 0.0385. The highest BCUT2D eigenvalue weighted by atomic mass is 32.1. The predicted octanol–water partition coefficient (Wildman–Crippen LogP) is 4.69. The number of benzene rings is 1. The first kappa shape index (κ1) is 24.8. The Balaban J connectivity index is 1.44. The molecule has 2 aromatic heterocycles. The van der Waals surface area contributed by atoms with Crippen LogP contribution < -0.4 is 10.6 Å². The number of carbonyl (C=O) groups excluding carboxylic acids is 2. The van der Waals surface area contributed by atoms with E-state index in [0.717, 1.165) is 65.0 Å². The van der Waals surface area contributed by atoms with Gasteiger partial charge in [0.15, 0.2) is 0 Å². The number of fused-ring (bicyclic) bond motifs is 1. The lowest BCUT2D eigenvalue weighted by molar-refractivity contribution is -0.139. The lowest BCUT2D eigenvalue weighted by Crippen LogP contribution is -2.55. The SMILES string of the molecule is CN[C@@H](C)C(=O)N[C@H](C(=O)N1CCC[C@@H]1c1nc2c(-c3ccccc3)ccnc2s1)C1CCCCC1. The molecule has 190 valence electrons. The molecule has 0 radical (unpaired) electrons. The van der Waals surface area contributed by atoms with Gasteiger partial charge in [-0.05, 0) is 57.2 Å². The molecule has 8 heteroatoms. The summed E-state index contributed by atoms with van der Waals surface area (Å²) in [4.78, 5) is 39.4. The first-order chi connectivity index (χ1) is 17.6. The lowest BCUT2D eigenvalue weighted by Gasteiger charge is -2.35. The van der Waals surface area contributed by atoms with Crippen molar-refractivity contribution in [2.24, 2.45) is 5.92 Å². The molecule has 36 heavy (non-hydrogen) atoms. The van der Waals surface area contributed by atoms with Gasteiger partial charge in [-0.25, -0.2) is 9.97 Å². The molecule has 1 aliphatic heterocycles. The second-order valence-corrected chi connectivity index (χ2v) is 11.0. The molecule has 3 heterocycles. The summed E-state index contributed by atoms with van der Waals surface area (Å²) >= 11 is 1.58. The van der Waals surface area contributed by atoms with E-state index in [-0.39, 0.29) is 29.8 Å². The van der Waals surface area contributed by atoms with Gasteiger partial charge in [0.05, 0.1) is 12.1 Å². The molecular formula is C28H35N5O2S. The van der Waals surface area contributed by atoms with Gasteiger partial charge in [0.1, 0.15) is 21.4 Å². The van der Waals surface area contributed by atoms with E-state index in [1.165, 1.54) is 6.42 Å². The number of hydrogen-bond acceptors (Lipinski definition) is 6. The highest BCUT2D eigenvalue weighted by Gasteiger charge is 2.40. The molecule has 0 spiro atoms. The van der Waals surface area contributed by atoms with Gasteiger partial charge in [-0.15, -0.1) is 0 Å². The number of hydrogen-bond donors (Lipinski definition) is 2. The standard InChI is InChI=1S/C28H35N5O2S/c1-18(29-2)25(34)31-23(20-12-7-4-8-13-20)28(35)33-17-9-14-22(33)26-32-24-21(15-16-30-27(24)36-26)19-10-5-3-6-11-19/h3,5-6,10-11,15-16,18,20,22-23,29H,4,7-9,12-14,17H2,1-2H3,(H,31,34)/t18-,22+,23-/m0/s1. The van der Waals surface area contributed by atoms with Crippen LogP contribution in [0.15, 0.2) is 42.6 Å². The molecule has 1 saturated carbocycles. The van der Waals surface area contributed by atoms with Crippen molar-refractivity contribution in [3.8, 4) is 11.1 Å². The van der Waals surface area contributed by atoms with E-state index in [1.54, 1.807) is 18.4 Å². The Morgan fingerprint density at radius 1 is 1.06 bits per heavy atom. The maximum absolute atomic E-state index is 14.0. The highest BCUT2D eigenvalue weighted by molar-refractivity contribution is 7.18. The Morgan fingerprint density at radius 2 is 1.83 bits per heavy atom. The monoisotopic (exact) mass is 505 g/mol. The van der Waals surface area contributed by atoms with Crippen molar-refractivity contribution in [1.82, 2.24) is 25.5 Å². The van der Waals surface area contributed by atoms with E-state index < -0.39 is 6.04 Å². The average molecular weight is 506 g/mol. The molecule has 1 aliphatic carbocycles. The first-order valence-corrected chi connectivity index (χ1v) is 14.0. The number of amides is 2. The summed E-state index contributed by atoms with van der Waals surface area (Å²) in [5.74, 6) is 0.104. The quantitative estimate of drug-likeness (QED) is 0.486. The van der Waals surface area contributed by atoms with Crippen molar-refractivity contribution in [1.29, 1.82) is 0 Å². The summed E-state index contributed by atoms with van der Waals surface area (Å²) in [6, 6.07) is 11.3. The number of likely N-dealkylation sites (tertiary alicyclic amines) is 1. The van der Waals surface area contributed by atoms with E-state index in [9.17, 15) is 9.59 Å². The predicted molar refractivity (Wildman–Crippen MR) is 144 cm³/mol. The number of nitrogens with one attached hydrogen (secondary N) is 2. The molecule has 2 N–H and O–H groups in total. The van der Waals surface area contributed by atoms with Crippen molar-refractivity contribution in [2.75, 3.05) is 13.6 Å². The summed E-state index contributed by atoms with van der Waals surface area (Å²) in [5, 5.41) is 7.05. The zero-order valence-electron chi connectivity index (χ0n) is 21.1. The number of pyridine rings is 1. The molecule has 5 rings (SSSR count). The summed E-state index contributed by atoms with van der Waals surface area (Å²) in [5.41, 5.74) is 3.06. The van der Waals surface area contributed by atoms with E-state index in [4.69, 9.17) is 4.98 Å². The van der Waals surface area contributed by atoms with Gasteiger partial charge in [-0.3, -0.25) is 9.59 Å². The third kappa shape index (κ3) is 5.02. The van der Waals surface area contributed by atoms with E-state index in [0.29, 0.717) is 6.54 Å². The van der Waals surface area contributed by atoms with Crippen LogP contribution >= 0.6 is 11.3 Å². The van der Waals surface area contributed by atoms with Gasteiger partial charge in [-0.1, -0.05) is 60.9 Å². The van der Waals surface area contributed by atoms with Crippen molar-refractivity contribution < 1.29 is 9.59 Å². The minimum atomic E-state index is -0.485. The molecule has 0 bridgehead atoms. The fraction of sp³-hybridized carbons (Fsp3) is 0.500. The maximum Gasteiger partial charge on any atom is 0.246 e. The summed E-state index contributed by atoms with van der Waals surface area (Å²) in [7, 11) is 1.77. The van der Waals surface area contributed by atoms with Crippen molar-refractivity contribution >= 4 is 33.5 Å². The largest absolute Gasteiger partial charge is 0.343 e. The molecule has 7 nitrogen and oxygen atoms in total. The third-order valence-corrected chi connectivity index (χ3v) is 8.80. The van der Waals surface area contributed by atoms with Crippen LogP contribution in [0.5, 0.6) is 0 Å².